The number of carboxylic acids is 1. The van der Waals surface area contributed by atoms with Crippen molar-refractivity contribution < 1.29 is 73.4 Å². The molecule has 0 radical (unpaired) electrons. The number of nitrogens with two attached hydrogens (primary N) is 3. The first-order valence-corrected chi connectivity index (χ1v) is 15.6. The van der Waals surface area contributed by atoms with E-state index >= 15 is 0 Å². The lowest BCUT2D eigenvalue weighted by Crippen LogP contribution is -2.67. The molecule has 0 aromatic heterocycles. The Morgan fingerprint density at radius 3 is 1.53 bits per heavy atom. The second-order valence-corrected chi connectivity index (χ2v) is 12.0. The first kappa shape index (κ1) is 43.4. The van der Waals surface area contributed by atoms with Gasteiger partial charge in [-0.25, -0.2) is 9.59 Å². The number of aliphatic carboxylic acids is 1. The maximum atomic E-state index is 10.9. The van der Waals surface area contributed by atoms with E-state index in [0.717, 1.165) is 6.42 Å². The predicted molar refractivity (Wildman–Crippen MR) is 163 cm³/mol. The zero-order chi connectivity index (χ0) is 36.3. The van der Waals surface area contributed by atoms with Crippen LogP contribution in [0.5, 0.6) is 0 Å². The lowest BCUT2D eigenvalue weighted by molar-refractivity contribution is -0.338. The van der Waals surface area contributed by atoms with Gasteiger partial charge in [-0.1, -0.05) is 13.8 Å². The third-order valence-electron chi connectivity index (χ3n) is 8.24. The number of carbonyl (C=O) groups is 2. The highest BCUT2D eigenvalue weighted by Crippen LogP contribution is 2.32. The van der Waals surface area contributed by atoms with Gasteiger partial charge in [-0.2, -0.15) is 0 Å². The van der Waals surface area contributed by atoms with Crippen LogP contribution < -0.4 is 17.2 Å². The van der Waals surface area contributed by atoms with Gasteiger partial charge in [0, 0.05) is 13.0 Å². The summed E-state index contributed by atoms with van der Waals surface area (Å²) in [7, 11) is 1.44. The van der Waals surface area contributed by atoms with Crippen LogP contribution in [0.2, 0.25) is 0 Å². The second-order valence-electron chi connectivity index (χ2n) is 12.0. The Morgan fingerprint density at radius 1 is 0.766 bits per heavy atom. The SMILES string of the molecule is CC(OC(=O)CO)C(=O)O.CCC(C)O.CO[C@@H]1O[C@@H](C)[C@@H](O[C@@H]2OC(C)[C@@H](O[C@@H]3O[C@@H](C)[C@@H](C)C(O)C3N)[C@H](O)C2N)C(O)C1N. The minimum atomic E-state index is -1.23. The van der Waals surface area contributed by atoms with E-state index in [1.54, 1.807) is 20.8 Å². The molecule has 3 fully saturated rings. The number of aliphatic hydroxyl groups excluding tert-OH is 5. The molecule has 0 aromatic carbocycles. The molecule has 3 heterocycles. The molecule has 0 spiro atoms. The summed E-state index contributed by atoms with van der Waals surface area (Å²) in [5.41, 5.74) is 18.3. The van der Waals surface area contributed by atoms with Gasteiger partial charge >= 0.3 is 11.9 Å². The Hall–Kier alpha value is -1.62. The number of aliphatic hydroxyl groups is 5. The van der Waals surface area contributed by atoms with Crippen molar-refractivity contribution >= 4 is 11.9 Å². The third kappa shape index (κ3) is 12.3. The second kappa shape index (κ2) is 20.1. The number of esters is 1. The highest BCUT2D eigenvalue weighted by molar-refractivity contribution is 5.77. The summed E-state index contributed by atoms with van der Waals surface area (Å²) >= 11 is 0. The van der Waals surface area contributed by atoms with Crippen LogP contribution in [0.1, 0.15) is 54.9 Å². The smallest absolute Gasteiger partial charge is 0.344 e. The van der Waals surface area contributed by atoms with Crippen LogP contribution in [-0.4, -0.2) is 154 Å². The van der Waals surface area contributed by atoms with Crippen molar-refractivity contribution in [1.29, 1.82) is 0 Å². The van der Waals surface area contributed by atoms with Crippen molar-refractivity contribution in [2.75, 3.05) is 13.7 Å². The predicted octanol–water partition coefficient (Wildman–Crippen LogP) is -2.89. The first-order valence-electron chi connectivity index (χ1n) is 15.6. The van der Waals surface area contributed by atoms with Crippen molar-refractivity contribution in [2.24, 2.45) is 23.1 Å². The van der Waals surface area contributed by atoms with E-state index < -0.39 is 104 Å². The van der Waals surface area contributed by atoms with E-state index in [4.69, 9.17) is 60.9 Å². The average Bonchev–Trinajstić information content (AvgIpc) is 3.03. The standard InChI is InChI=1S/C20H39N3O9.C5H8O5.C4H10O/c1-6-7(2)28-19(10(21)13(6)24)31-17-9(4)30-20(12(23)15(17)26)32-16-8(3)29-18(27-5)11(22)14(16)25;1-3(5(8)9)10-4(7)2-6;1-3-4(2)5/h6-20,24-26H,21-23H2,1-5H3;3,6H,2H2,1H3,(H,8,9);4-5H,3H2,1-2H3/t6-,7+,8+,9?,10?,11?,12?,13?,14?,15-,16-,17-,18-,19+,20+;;/m1../s1. The Labute approximate surface area is 275 Å². The first-order chi connectivity index (χ1) is 21.8. The molecule has 0 aliphatic carbocycles. The molecule has 278 valence electrons. The Morgan fingerprint density at radius 2 is 1.15 bits per heavy atom. The van der Waals surface area contributed by atoms with E-state index in [-0.39, 0.29) is 18.1 Å². The topological polar surface area (TPSA) is 298 Å². The number of hydrogen-bond acceptors (Lipinski definition) is 17. The molecule has 0 aromatic rings. The summed E-state index contributed by atoms with van der Waals surface area (Å²) in [6.07, 6.45) is -9.56. The number of hydrogen-bond donors (Lipinski definition) is 9. The minimum Gasteiger partial charge on any atom is -0.479 e. The largest absolute Gasteiger partial charge is 0.479 e. The monoisotopic (exact) mass is 687 g/mol. The maximum absolute atomic E-state index is 10.9. The van der Waals surface area contributed by atoms with Crippen LogP contribution in [0.15, 0.2) is 0 Å². The molecule has 0 saturated carbocycles. The van der Waals surface area contributed by atoms with Crippen LogP contribution in [0.3, 0.4) is 0 Å². The number of ether oxygens (including phenoxy) is 7. The molecule has 3 aliphatic heterocycles. The molecule has 18 nitrogen and oxygen atoms in total. The Bertz CT molecular complexity index is 935. The number of rotatable bonds is 9. The van der Waals surface area contributed by atoms with E-state index in [2.05, 4.69) is 4.74 Å². The highest BCUT2D eigenvalue weighted by atomic mass is 16.7. The van der Waals surface area contributed by atoms with Gasteiger partial charge in [-0.3, -0.25) is 0 Å². The van der Waals surface area contributed by atoms with Gasteiger partial charge < -0.3 is 81.0 Å². The molecule has 0 amide bonds. The fraction of sp³-hybridized carbons (Fsp3) is 0.931. The molecule has 18 heteroatoms. The van der Waals surface area contributed by atoms with E-state index in [9.17, 15) is 24.9 Å². The fourth-order valence-corrected chi connectivity index (χ4v) is 4.73. The fourth-order valence-electron chi connectivity index (χ4n) is 4.73. The summed E-state index contributed by atoms with van der Waals surface area (Å²) in [6.45, 7) is 11.2. The number of carboxylic acid groups (broad SMARTS) is 1. The van der Waals surface area contributed by atoms with Crippen molar-refractivity contribution in [3.8, 4) is 0 Å². The molecule has 12 N–H and O–H groups in total. The van der Waals surface area contributed by atoms with Crippen LogP contribution >= 0.6 is 0 Å². The Balaban J connectivity index is 0.000000612. The number of carbonyl (C=O) groups excluding carboxylic acids is 1. The van der Waals surface area contributed by atoms with Crippen LogP contribution in [0.4, 0.5) is 0 Å². The lowest BCUT2D eigenvalue weighted by atomic mass is 9.90. The van der Waals surface area contributed by atoms with Crippen LogP contribution in [-0.2, 0) is 42.7 Å². The zero-order valence-corrected chi connectivity index (χ0v) is 28.3. The molecule has 47 heavy (non-hydrogen) atoms. The molecule has 3 rings (SSSR count). The molecule has 8 unspecified atom stereocenters. The summed E-state index contributed by atoms with van der Waals surface area (Å²) in [4.78, 5) is 20.2. The van der Waals surface area contributed by atoms with Gasteiger partial charge in [0.05, 0.1) is 48.6 Å². The normalized spacial score (nSPS) is 41.7. The van der Waals surface area contributed by atoms with Gasteiger partial charge in [-0.15, -0.1) is 0 Å². The van der Waals surface area contributed by atoms with Crippen molar-refractivity contribution in [3.63, 3.8) is 0 Å². The third-order valence-corrected chi connectivity index (χ3v) is 8.24. The van der Waals surface area contributed by atoms with Crippen LogP contribution in [0, 0.1) is 5.92 Å². The summed E-state index contributed by atoms with van der Waals surface area (Å²) in [6, 6.07) is -2.63. The molecule has 0 bridgehead atoms. The van der Waals surface area contributed by atoms with Crippen LogP contribution in [0.25, 0.3) is 0 Å². The van der Waals surface area contributed by atoms with E-state index in [0.29, 0.717) is 0 Å². The maximum Gasteiger partial charge on any atom is 0.344 e. The quantitative estimate of drug-likeness (QED) is 0.110. The lowest BCUT2D eigenvalue weighted by Gasteiger charge is -2.48. The molecular formula is C29H57N3O15. The van der Waals surface area contributed by atoms with Gasteiger partial charge in [0.1, 0.15) is 31.0 Å². The van der Waals surface area contributed by atoms with Crippen molar-refractivity contribution in [3.05, 3.63) is 0 Å². The van der Waals surface area contributed by atoms with Crippen molar-refractivity contribution in [1.82, 2.24) is 0 Å². The highest BCUT2D eigenvalue weighted by Gasteiger charge is 2.50. The number of methoxy groups -OCH3 is 1. The van der Waals surface area contributed by atoms with Gasteiger partial charge in [-0.05, 0) is 41.0 Å². The van der Waals surface area contributed by atoms with Gasteiger partial charge in [0.25, 0.3) is 0 Å². The molecule has 3 saturated heterocycles. The van der Waals surface area contributed by atoms with Crippen molar-refractivity contribution in [2.45, 2.75) is 153 Å². The summed E-state index contributed by atoms with van der Waals surface area (Å²) < 4.78 is 38.5. The van der Waals surface area contributed by atoms with Gasteiger partial charge in [0.2, 0.25) is 0 Å². The van der Waals surface area contributed by atoms with E-state index in [1.165, 1.54) is 14.0 Å². The molecule has 3 aliphatic rings. The molecule has 17 atom stereocenters. The average molecular weight is 688 g/mol. The van der Waals surface area contributed by atoms with E-state index in [1.807, 2.05) is 20.8 Å². The summed E-state index contributed by atoms with van der Waals surface area (Å²) in [5.74, 6) is -2.33. The van der Waals surface area contributed by atoms with Gasteiger partial charge in [0.15, 0.2) is 25.0 Å². The summed E-state index contributed by atoms with van der Waals surface area (Å²) in [5, 5.41) is 56.4. The Kier molecular flexibility index (Phi) is 18.6. The molecular weight excluding hydrogens is 630 g/mol. The zero-order valence-electron chi connectivity index (χ0n) is 28.3. The minimum absolute atomic E-state index is 0.116.